The Balaban J connectivity index is 3.90. The van der Waals surface area contributed by atoms with E-state index in [2.05, 4.69) is 34.6 Å². The summed E-state index contributed by atoms with van der Waals surface area (Å²) in [6, 6.07) is 0. The number of aliphatic hydroxyl groups is 2. The minimum Gasteiger partial charge on any atom is -0.374 e. The molecule has 0 aromatic carbocycles. The normalized spacial score (nSPS) is 17.2. The Hall–Kier alpha value is -0.610. The molecule has 28 heavy (non-hydrogen) atoms. The van der Waals surface area contributed by atoms with Crippen LogP contribution in [-0.2, 0) is 4.79 Å². The molecule has 4 nitrogen and oxygen atoms in total. The third-order valence-corrected chi connectivity index (χ3v) is 5.88. The zero-order valence-electron chi connectivity index (χ0n) is 19.8. The quantitative estimate of drug-likeness (QED) is 0.315. The Labute approximate surface area is 175 Å². The summed E-state index contributed by atoms with van der Waals surface area (Å²) in [6.45, 7) is 14.5. The van der Waals surface area contributed by atoms with Gasteiger partial charge in [0.05, 0.1) is 0 Å². The van der Waals surface area contributed by atoms with E-state index in [-0.39, 0.29) is 11.8 Å². The lowest BCUT2D eigenvalue weighted by molar-refractivity contribution is -0.157. The SMILES string of the molecule is CC(C)CCCC(C)CCCC(C)CCCC(C)CC(=O)N(C(C)O)C(C)O. The Morgan fingerprint density at radius 3 is 1.36 bits per heavy atom. The Morgan fingerprint density at radius 2 is 1.00 bits per heavy atom. The second kappa shape index (κ2) is 15.3. The number of nitrogens with zero attached hydrogens (tertiary/aromatic N) is 1. The molecule has 0 aliphatic rings. The van der Waals surface area contributed by atoms with Gasteiger partial charge in [-0.2, -0.15) is 0 Å². The zero-order valence-corrected chi connectivity index (χ0v) is 19.8. The van der Waals surface area contributed by atoms with Crippen LogP contribution in [0.2, 0.25) is 0 Å². The van der Waals surface area contributed by atoms with E-state index in [1.165, 1.54) is 58.8 Å². The Kier molecular flexibility index (Phi) is 14.9. The summed E-state index contributed by atoms with van der Waals surface area (Å²) in [5.74, 6) is 2.53. The van der Waals surface area contributed by atoms with Gasteiger partial charge in [-0.1, -0.05) is 92.4 Å². The van der Waals surface area contributed by atoms with Crippen LogP contribution in [-0.4, -0.2) is 33.5 Å². The van der Waals surface area contributed by atoms with Gasteiger partial charge in [-0.15, -0.1) is 0 Å². The Morgan fingerprint density at radius 1 is 0.643 bits per heavy atom. The van der Waals surface area contributed by atoms with Crippen molar-refractivity contribution in [2.24, 2.45) is 23.7 Å². The first kappa shape index (κ1) is 27.4. The van der Waals surface area contributed by atoms with E-state index in [0.29, 0.717) is 6.42 Å². The van der Waals surface area contributed by atoms with E-state index < -0.39 is 12.5 Å². The van der Waals surface area contributed by atoms with Crippen molar-refractivity contribution in [1.29, 1.82) is 0 Å². The van der Waals surface area contributed by atoms with E-state index in [0.717, 1.165) is 35.5 Å². The molecule has 0 aromatic heterocycles. The van der Waals surface area contributed by atoms with E-state index in [4.69, 9.17) is 0 Å². The maximum absolute atomic E-state index is 12.3. The first-order valence-electron chi connectivity index (χ1n) is 11.7. The van der Waals surface area contributed by atoms with Crippen molar-refractivity contribution in [3.05, 3.63) is 0 Å². The zero-order chi connectivity index (χ0) is 21.7. The molecule has 5 unspecified atom stereocenters. The van der Waals surface area contributed by atoms with Gasteiger partial charge in [0.2, 0.25) is 5.91 Å². The maximum Gasteiger partial charge on any atom is 0.226 e. The number of amides is 1. The van der Waals surface area contributed by atoms with Gasteiger partial charge >= 0.3 is 0 Å². The number of aliphatic hydroxyl groups excluding tert-OH is 2. The van der Waals surface area contributed by atoms with Gasteiger partial charge < -0.3 is 10.2 Å². The molecule has 0 fully saturated rings. The fourth-order valence-corrected chi connectivity index (χ4v) is 4.03. The van der Waals surface area contributed by atoms with E-state index in [9.17, 15) is 15.0 Å². The number of rotatable bonds is 16. The standard InChI is InChI=1S/C24H49NO3/c1-18(2)11-8-12-19(3)13-9-14-20(4)15-10-16-21(5)17-24(28)25(22(6)26)23(7)27/h18-23,26-27H,8-17H2,1-7H3. The number of hydrogen-bond donors (Lipinski definition) is 2. The summed E-state index contributed by atoms with van der Waals surface area (Å²) in [5, 5.41) is 19.3. The molecule has 0 spiro atoms. The molecular weight excluding hydrogens is 350 g/mol. The monoisotopic (exact) mass is 399 g/mol. The molecule has 0 aromatic rings. The topological polar surface area (TPSA) is 60.8 Å². The summed E-state index contributed by atoms with van der Waals surface area (Å²) < 4.78 is 0. The summed E-state index contributed by atoms with van der Waals surface area (Å²) >= 11 is 0. The molecular formula is C24H49NO3. The van der Waals surface area contributed by atoms with Crippen molar-refractivity contribution in [2.45, 2.75) is 125 Å². The van der Waals surface area contributed by atoms with Crippen molar-refractivity contribution in [3.63, 3.8) is 0 Å². The van der Waals surface area contributed by atoms with Crippen LogP contribution in [0.5, 0.6) is 0 Å². The van der Waals surface area contributed by atoms with E-state index in [1.54, 1.807) is 0 Å². The van der Waals surface area contributed by atoms with Crippen LogP contribution in [0.1, 0.15) is 113 Å². The molecule has 0 aliphatic heterocycles. The Bertz CT molecular complexity index is 387. The largest absolute Gasteiger partial charge is 0.374 e. The predicted molar refractivity (Wildman–Crippen MR) is 119 cm³/mol. The molecule has 0 saturated carbocycles. The van der Waals surface area contributed by atoms with Crippen LogP contribution in [0.4, 0.5) is 0 Å². The molecule has 0 aliphatic carbocycles. The lowest BCUT2D eigenvalue weighted by Crippen LogP contribution is -2.45. The molecule has 1 amide bonds. The molecule has 0 radical (unpaired) electrons. The van der Waals surface area contributed by atoms with Crippen molar-refractivity contribution in [2.75, 3.05) is 0 Å². The van der Waals surface area contributed by atoms with Gasteiger partial charge in [0.25, 0.3) is 0 Å². The molecule has 5 atom stereocenters. The molecule has 2 N–H and O–H groups in total. The molecule has 4 heteroatoms. The number of carbonyl (C=O) groups excluding carboxylic acids is 1. The smallest absolute Gasteiger partial charge is 0.226 e. The average Bonchev–Trinajstić information content (AvgIpc) is 2.53. The van der Waals surface area contributed by atoms with Crippen molar-refractivity contribution < 1.29 is 15.0 Å². The summed E-state index contributed by atoms with van der Waals surface area (Å²) in [7, 11) is 0. The predicted octanol–water partition coefficient (Wildman–Crippen LogP) is 5.96. The van der Waals surface area contributed by atoms with Gasteiger partial charge in [-0.3, -0.25) is 9.69 Å². The minimum atomic E-state index is -0.951. The first-order valence-corrected chi connectivity index (χ1v) is 11.7. The third kappa shape index (κ3) is 13.5. The van der Waals surface area contributed by atoms with E-state index >= 15 is 0 Å². The van der Waals surface area contributed by atoms with Crippen LogP contribution < -0.4 is 0 Å². The average molecular weight is 400 g/mol. The van der Waals surface area contributed by atoms with Gasteiger partial charge in [0.15, 0.2) is 0 Å². The van der Waals surface area contributed by atoms with Crippen LogP contribution in [0.15, 0.2) is 0 Å². The van der Waals surface area contributed by atoms with Crippen LogP contribution in [0.3, 0.4) is 0 Å². The highest BCUT2D eigenvalue weighted by Gasteiger charge is 2.23. The van der Waals surface area contributed by atoms with Gasteiger partial charge in [-0.05, 0) is 37.5 Å². The van der Waals surface area contributed by atoms with E-state index in [1.807, 2.05) is 0 Å². The molecule has 0 bridgehead atoms. The number of carbonyl (C=O) groups is 1. The van der Waals surface area contributed by atoms with Crippen LogP contribution in [0, 0.1) is 23.7 Å². The fraction of sp³-hybridized carbons (Fsp3) is 0.958. The lowest BCUT2D eigenvalue weighted by atomic mass is 9.90. The van der Waals surface area contributed by atoms with Crippen LogP contribution in [0.25, 0.3) is 0 Å². The van der Waals surface area contributed by atoms with Crippen molar-refractivity contribution >= 4 is 5.91 Å². The summed E-state index contributed by atoms with van der Waals surface area (Å²) in [5.41, 5.74) is 0. The maximum atomic E-state index is 12.3. The molecule has 168 valence electrons. The molecule has 0 rings (SSSR count). The van der Waals surface area contributed by atoms with Gasteiger partial charge in [0.1, 0.15) is 12.5 Å². The van der Waals surface area contributed by atoms with Gasteiger partial charge in [0, 0.05) is 6.42 Å². The van der Waals surface area contributed by atoms with Gasteiger partial charge in [-0.25, -0.2) is 0 Å². The lowest BCUT2D eigenvalue weighted by Gasteiger charge is -2.29. The highest BCUT2D eigenvalue weighted by Crippen LogP contribution is 2.23. The molecule has 0 heterocycles. The van der Waals surface area contributed by atoms with Crippen molar-refractivity contribution in [3.8, 4) is 0 Å². The second-order valence-corrected chi connectivity index (χ2v) is 9.77. The van der Waals surface area contributed by atoms with Crippen molar-refractivity contribution in [1.82, 2.24) is 4.90 Å². The second-order valence-electron chi connectivity index (χ2n) is 9.77. The minimum absolute atomic E-state index is 0.169. The fourth-order valence-electron chi connectivity index (χ4n) is 4.03. The summed E-state index contributed by atoms with van der Waals surface area (Å²) in [6.07, 6.45) is 9.94. The van der Waals surface area contributed by atoms with Crippen LogP contribution >= 0.6 is 0 Å². The molecule has 0 saturated heterocycles. The first-order chi connectivity index (χ1) is 13.0. The highest BCUT2D eigenvalue weighted by atomic mass is 16.3. The highest BCUT2D eigenvalue weighted by molar-refractivity contribution is 5.76. The third-order valence-electron chi connectivity index (χ3n) is 5.88. The summed E-state index contributed by atoms with van der Waals surface area (Å²) in [4.78, 5) is 13.4. The number of hydrogen-bond acceptors (Lipinski definition) is 3.